The second-order valence-electron chi connectivity index (χ2n) is 11.1. The van der Waals surface area contributed by atoms with Gasteiger partial charge in [0.25, 0.3) is 5.91 Å². The molecule has 0 spiro atoms. The van der Waals surface area contributed by atoms with Crippen LogP contribution >= 0.6 is 23.2 Å². The SMILES string of the molecule is COc1ccc(C(Cc2cnc(NC(=O)c3c(Cl)cccc3Cl)nc2)C(=O)O)cc1N(CC(C)C)C(=O)C(C)(C)C. The Bertz CT molecular complexity index is 1400. The molecule has 218 valence electrons. The van der Waals surface area contributed by atoms with Crippen molar-refractivity contribution < 1.29 is 24.2 Å². The number of anilines is 2. The molecule has 41 heavy (non-hydrogen) atoms. The lowest BCUT2D eigenvalue weighted by Crippen LogP contribution is -2.42. The quantitative estimate of drug-likeness (QED) is 0.272. The van der Waals surface area contributed by atoms with Crippen molar-refractivity contribution in [2.75, 3.05) is 23.9 Å². The summed E-state index contributed by atoms with van der Waals surface area (Å²) in [6, 6.07) is 9.78. The van der Waals surface area contributed by atoms with Crippen LogP contribution in [0.3, 0.4) is 0 Å². The van der Waals surface area contributed by atoms with Crippen LogP contribution in [0.4, 0.5) is 11.6 Å². The highest BCUT2D eigenvalue weighted by atomic mass is 35.5. The lowest BCUT2D eigenvalue weighted by Gasteiger charge is -2.32. The van der Waals surface area contributed by atoms with Crippen molar-refractivity contribution in [2.24, 2.45) is 11.3 Å². The van der Waals surface area contributed by atoms with E-state index in [1.54, 1.807) is 41.3 Å². The molecule has 0 saturated carbocycles. The molecule has 3 rings (SSSR count). The van der Waals surface area contributed by atoms with E-state index < -0.39 is 23.2 Å². The molecule has 2 N–H and O–H groups in total. The number of ether oxygens (including phenoxy) is 1. The van der Waals surface area contributed by atoms with Crippen LogP contribution in [0.2, 0.25) is 10.0 Å². The number of rotatable bonds is 10. The fraction of sp³-hybridized carbons (Fsp3) is 0.367. The van der Waals surface area contributed by atoms with Crippen LogP contribution in [-0.4, -0.2) is 46.5 Å². The minimum absolute atomic E-state index is 0.0124. The summed E-state index contributed by atoms with van der Waals surface area (Å²) in [5, 5.41) is 13.1. The third-order valence-electron chi connectivity index (χ3n) is 6.19. The average molecular weight is 602 g/mol. The second kappa shape index (κ2) is 13.3. The van der Waals surface area contributed by atoms with Crippen LogP contribution in [0, 0.1) is 11.3 Å². The Balaban J connectivity index is 1.89. The van der Waals surface area contributed by atoms with Crippen LogP contribution in [0.15, 0.2) is 48.8 Å². The van der Waals surface area contributed by atoms with E-state index in [2.05, 4.69) is 15.3 Å². The number of methoxy groups -OCH3 is 1. The fourth-order valence-electron chi connectivity index (χ4n) is 4.18. The number of aromatic nitrogens is 2. The molecular formula is C30H34Cl2N4O5. The van der Waals surface area contributed by atoms with Gasteiger partial charge in [0.2, 0.25) is 11.9 Å². The topological polar surface area (TPSA) is 122 Å². The van der Waals surface area contributed by atoms with Crippen molar-refractivity contribution in [3.05, 3.63) is 75.5 Å². The summed E-state index contributed by atoms with van der Waals surface area (Å²) in [5.74, 6) is -2.04. The predicted octanol–water partition coefficient (Wildman–Crippen LogP) is 6.49. The highest BCUT2D eigenvalue weighted by Crippen LogP contribution is 2.36. The van der Waals surface area contributed by atoms with Gasteiger partial charge in [-0.2, -0.15) is 0 Å². The molecule has 11 heteroatoms. The molecule has 1 aromatic heterocycles. The number of carbonyl (C=O) groups is 3. The molecule has 0 bridgehead atoms. The summed E-state index contributed by atoms with van der Waals surface area (Å²) < 4.78 is 5.56. The summed E-state index contributed by atoms with van der Waals surface area (Å²) in [7, 11) is 1.51. The third-order valence-corrected chi connectivity index (χ3v) is 6.82. The van der Waals surface area contributed by atoms with E-state index in [0.717, 1.165) is 0 Å². The van der Waals surface area contributed by atoms with E-state index in [1.165, 1.54) is 19.5 Å². The largest absolute Gasteiger partial charge is 0.495 e. The monoisotopic (exact) mass is 600 g/mol. The van der Waals surface area contributed by atoms with Crippen molar-refractivity contribution in [3.63, 3.8) is 0 Å². The summed E-state index contributed by atoms with van der Waals surface area (Å²) in [6.07, 6.45) is 2.97. The maximum absolute atomic E-state index is 13.4. The number of hydrogen-bond donors (Lipinski definition) is 2. The first kappa shape index (κ1) is 31.8. The lowest BCUT2D eigenvalue weighted by atomic mass is 9.91. The lowest BCUT2D eigenvalue weighted by molar-refractivity contribution is -0.138. The van der Waals surface area contributed by atoms with E-state index in [9.17, 15) is 19.5 Å². The molecule has 0 aliphatic heterocycles. The minimum atomic E-state index is -1.05. The van der Waals surface area contributed by atoms with Crippen LogP contribution in [0.5, 0.6) is 5.75 Å². The van der Waals surface area contributed by atoms with Crippen LogP contribution < -0.4 is 15.0 Å². The molecule has 3 aromatic rings. The molecule has 0 radical (unpaired) electrons. The number of nitrogens with zero attached hydrogens (tertiary/aromatic N) is 3. The number of hydrogen-bond acceptors (Lipinski definition) is 6. The van der Waals surface area contributed by atoms with Gasteiger partial charge in [0.05, 0.1) is 34.3 Å². The molecule has 2 amide bonds. The number of benzene rings is 2. The highest BCUT2D eigenvalue weighted by Gasteiger charge is 2.31. The van der Waals surface area contributed by atoms with Gasteiger partial charge in [-0.25, -0.2) is 9.97 Å². The Morgan fingerprint density at radius 1 is 1.05 bits per heavy atom. The zero-order chi connectivity index (χ0) is 30.5. The van der Waals surface area contributed by atoms with Gasteiger partial charge in [0, 0.05) is 24.4 Å². The third kappa shape index (κ3) is 7.95. The number of aliphatic carboxylic acids is 1. The summed E-state index contributed by atoms with van der Waals surface area (Å²) >= 11 is 12.2. The number of amides is 2. The zero-order valence-electron chi connectivity index (χ0n) is 23.9. The Labute approximate surface area is 249 Å². The molecule has 1 heterocycles. The summed E-state index contributed by atoms with van der Waals surface area (Å²) in [5.41, 5.74) is 0.981. The molecular weight excluding hydrogens is 567 g/mol. The van der Waals surface area contributed by atoms with E-state index in [4.69, 9.17) is 27.9 Å². The maximum atomic E-state index is 13.4. The molecule has 2 aromatic carbocycles. The summed E-state index contributed by atoms with van der Waals surface area (Å²) in [6.45, 7) is 9.98. The van der Waals surface area contributed by atoms with Gasteiger partial charge >= 0.3 is 5.97 Å². The Morgan fingerprint density at radius 3 is 2.17 bits per heavy atom. The van der Waals surface area contributed by atoms with Crippen LogP contribution in [0.25, 0.3) is 0 Å². The molecule has 1 atom stereocenters. The second-order valence-corrected chi connectivity index (χ2v) is 11.9. The van der Waals surface area contributed by atoms with Gasteiger partial charge < -0.3 is 14.7 Å². The van der Waals surface area contributed by atoms with Gasteiger partial charge in [-0.1, -0.05) is 70.0 Å². The van der Waals surface area contributed by atoms with Gasteiger partial charge in [-0.3, -0.25) is 19.7 Å². The van der Waals surface area contributed by atoms with Crippen molar-refractivity contribution in [1.82, 2.24) is 9.97 Å². The van der Waals surface area contributed by atoms with Gasteiger partial charge in [0.1, 0.15) is 5.75 Å². The van der Waals surface area contributed by atoms with Gasteiger partial charge in [-0.05, 0) is 47.7 Å². The van der Waals surface area contributed by atoms with Gasteiger partial charge in [-0.15, -0.1) is 0 Å². The molecule has 0 aliphatic rings. The number of nitrogens with one attached hydrogen (secondary N) is 1. The van der Waals surface area contributed by atoms with Crippen molar-refractivity contribution in [1.29, 1.82) is 0 Å². The van der Waals surface area contributed by atoms with Crippen LogP contribution in [0.1, 0.15) is 62.0 Å². The minimum Gasteiger partial charge on any atom is -0.495 e. The smallest absolute Gasteiger partial charge is 0.311 e. The van der Waals surface area contributed by atoms with Crippen molar-refractivity contribution >= 4 is 52.6 Å². The standard InChI is InChI=1S/C30H34Cl2N4O5/c1-17(2)16-36(28(40)30(3,4)5)23-13-19(10-11-24(23)41-6)20(27(38)39)12-18-14-33-29(34-15-18)35-26(37)25-21(31)8-7-9-22(25)32/h7-11,13-15,17,20H,12,16H2,1-6H3,(H,38,39)(H,33,34,35,37). The molecule has 0 fully saturated rings. The number of carbonyl (C=O) groups excluding carboxylic acids is 2. The van der Waals surface area contributed by atoms with E-state index in [0.29, 0.717) is 29.1 Å². The maximum Gasteiger partial charge on any atom is 0.311 e. The normalized spacial score (nSPS) is 12.1. The first-order valence-corrected chi connectivity index (χ1v) is 13.8. The Morgan fingerprint density at radius 2 is 1.66 bits per heavy atom. The van der Waals surface area contributed by atoms with E-state index in [1.807, 2.05) is 34.6 Å². The Hall–Kier alpha value is -3.69. The first-order chi connectivity index (χ1) is 19.2. The number of carboxylic acids is 1. The first-order valence-electron chi connectivity index (χ1n) is 13.0. The molecule has 1 unspecified atom stereocenters. The fourth-order valence-corrected chi connectivity index (χ4v) is 4.75. The van der Waals surface area contributed by atoms with Gasteiger partial charge in [0.15, 0.2) is 0 Å². The molecule has 0 saturated heterocycles. The van der Waals surface area contributed by atoms with Crippen molar-refractivity contribution in [2.45, 2.75) is 47.0 Å². The van der Waals surface area contributed by atoms with E-state index >= 15 is 0 Å². The molecule has 0 aliphatic carbocycles. The average Bonchev–Trinajstić information content (AvgIpc) is 2.89. The highest BCUT2D eigenvalue weighted by molar-refractivity contribution is 6.40. The Kier molecular flexibility index (Phi) is 10.3. The van der Waals surface area contributed by atoms with Crippen LogP contribution in [-0.2, 0) is 16.0 Å². The molecule has 9 nitrogen and oxygen atoms in total. The number of halogens is 2. The van der Waals surface area contributed by atoms with E-state index in [-0.39, 0.29) is 39.8 Å². The van der Waals surface area contributed by atoms with Crippen molar-refractivity contribution in [3.8, 4) is 5.75 Å². The summed E-state index contributed by atoms with van der Waals surface area (Å²) in [4.78, 5) is 48.5. The zero-order valence-corrected chi connectivity index (χ0v) is 25.4. The predicted molar refractivity (Wildman–Crippen MR) is 160 cm³/mol. The number of carboxylic acid groups (broad SMARTS) is 1.